The molecule has 0 saturated carbocycles. The minimum absolute atomic E-state index is 0.142. The molecule has 2 N–H and O–H groups in total. The van der Waals surface area contributed by atoms with Crippen molar-refractivity contribution in [3.05, 3.63) is 58.8 Å². The first-order valence-electron chi connectivity index (χ1n) is 5.47. The highest BCUT2D eigenvalue weighted by Gasteiger charge is 2.34. The second-order valence-electron chi connectivity index (χ2n) is 4.16. The molecule has 19 heavy (non-hydrogen) atoms. The fraction of sp³-hybridized carbons (Fsp3) is 0.231. The molecular weight excluding hydrogens is 262 g/mol. The monoisotopic (exact) mass is 273 g/mol. The summed E-state index contributed by atoms with van der Waals surface area (Å²) in [5.74, 6) is -0.389. The molecule has 0 radical (unpaired) electrons. The molecule has 1 heterocycles. The number of aryl methyl sites for hydroxylation is 1. The van der Waals surface area contributed by atoms with Crippen molar-refractivity contribution in [3.63, 3.8) is 0 Å². The first-order valence-corrected chi connectivity index (χ1v) is 5.47. The van der Waals surface area contributed by atoms with Crippen LogP contribution in [0, 0.1) is 12.7 Å². The molecule has 102 valence electrons. The third-order valence-electron chi connectivity index (χ3n) is 2.72. The number of rotatable bonds is 2. The normalized spacial score (nSPS) is 13.6. The zero-order valence-corrected chi connectivity index (χ0v) is 9.96. The summed E-state index contributed by atoms with van der Waals surface area (Å²) >= 11 is 0. The fourth-order valence-corrected chi connectivity index (χ4v) is 1.74. The van der Waals surface area contributed by atoms with Crippen LogP contribution < -0.4 is 5.73 Å². The number of hydrogen-bond donors (Lipinski definition) is 1. The largest absolute Gasteiger partial charge is 0.464 e. The van der Waals surface area contributed by atoms with E-state index in [1.807, 2.05) is 0 Å². The molecule has 1 unspecified atom stereocenters. The lowest BCUT2D eigenvalue weighted by molar-refractivity contribution is -0.140. The molecule has 0 fully saturated rings. The quantitative estimate of drug-likeness (QED) is 0.845. The molecule has 1 aromatic heterocycles. The second kappa shape index (κ2) is 4.70. The van der Waals surface area contributed by atoms with Gasteiger partial charge in [-0.2, -0.15) is 13.2 Å². The zero-order chi connectivity index (χ0) is 14.2. The molecule has 0 aliphatic rings. The van der Waals surface area contributed by atoms with Crippen molar-refractivity contribution >= 4 is 0 Å². The van der Waals surface area contributed by atoms with Crippen molar-refractivity contribution in [1.82, 2.24) is 0 Å². The van der Waals surface area contributed by atoms with E-state index in [-0.39, 0.29) is 5.56 Å². The third kappa shape index (κ3) is 2.78. The maximum atomic E-state index is 13.2. The molecule has 1 atom stereocenters. The van der Waals surface area contributed by atoms with Gasteiger partial charge >= 0.3 is 6.18 Å². The van der Waals surface area contributed by atoms with Gasteiger partial charge in [-0.25, -0.2) is 4.39 Å². The molecule has 2 rings (SSSR count). The Kier molecular flexibility index (Phi) is 3.36. The van der Waals surface area contributed by atoms with Gasteiger partial charge in [0.25, 0.3) is 0 Å². The van der Waals surface area contributed by atoms with Crippen molar-refractivity contribution < 1.29 is 22.0 Å². The van der Waals surface area contributed by atoms with E-state index in [1.54, 1.807) is 19.1 Å². The molecule has 0 aliphatic carbocycles. The molecule has 0 bridgehead atoms. The van der Waals surface area contributed by atoms with Crippen molar-refractivity contribution in [2.24, 2.45) is 5.73 Å². The highest BCUT2D eigenvalue weighted by molar-refractivity contribution is 5.33. The summed E-state index contributed by atoms with van der Waals surface area (Å²) in [6.45, 7) is 1.70. The summed E-state index contributed by atoms with van der Waals surface area (Å²) in [6.07, 6.45) is -4.75. The molecule has 0 aliphatic heterocycles. The molecular formula is C13H11F4NO. The van der Waals surface area contributed by atoms with Crippen LogP contribution in [0.1, 0.15) is 28.7 Å². The van der Waals surface area contributed by atoms with Crippen molar-refractivity contribution in [2.45, 2.75) is 19.1 Å². The van der Waals surface area contributed by atoms with E-state index in [0.29, 0.717) is 17.6 Å². The highest BCUT2D eigenvalue weighted by atomic mass is 19.4. The summed E-state index contributed by atoms with van der Waals surface area (Å²) in [5.41, 5.74) is 4.62. The first kappa shape index (κ1) is 13.6. The van der Waals surface area contributed by atoms with E-state index in [1.165, 1.54) is 6.07 Å². The number of furan rings is 1. The number of nitrogens with two attached hydrogens (primary N) is 1. The van der Waals surface area contributed by atoms with E-state index >= 15 is 0 Å². The van der Waals surface area contributed by atoms with Gasteiger partial charge in [-0.15, -0.1) is 0 Å². The van der Waals surface area contributed by atoms with Gasteiger partial charge < -0.3 is 10.2 Å². The molecule has 6 heteroatoms. The van der Waals surface area contributed by atoms with Gasteiger partial charge in [0, 0.05) is 0 Å². The minimum atomic E-state index is -4.75. The van der Waals surface area contributed by atoms with Crippen LogP contribution in [0.3, 0.4) is 0 Å². The van der Waals surface area contributed by atoms with Gasteiger partial charge in [0.1, 0.15) is 17.3 Å². The number of hydrogen-bond acceptors (Lipinski definition) is 2. The van der Waals surface area contributed by atoms with Crippen LogP contribution in [-0.2, 0) is 6.18 Å². The summed E-state index contributed by atoms with van der Waals surface area (Å²) in [7, 11) is 0. The van der Waals surface area contributed by atoms with Gasteiger partial charge in [-0.3, -0.25) is 0 Å². The third-order valence-corrected chi connectivity index (χ3v) is 2.72. The molecule has 0 spiro atoms. The van der Waals surface area contributed by atoms with E-state index in [9.17, 15) is 17.6 Å². The maximum Gasteiger partial charge on any atom is 0.419 e. The average Bonchev–Trinajstić information content (AvgIpc) is 2.74. The topological polar surface area (TPSA) is 39.2 Å². The van der Waals surface area contributed by atoms with Crippen LogP contribution in [0.5, 0.6) is 0 Å². The first-order chi connectivity index (χ1) is 8.79. The molecule has 2 aromatic rings. The Labute approximate surface area is 106 Å². The lowest BCUT2D eigenvalue weighted by atomic mass is 10.0. The Balaban J connectivity index is 2.41. The van der Waals surface area contributed by atoms with E-state index in [4.69, 9.17) is 10.2 Å². The lowest BCUT2D eigenvalue weighted by Crippen LogP contribution is -2.14. The predicted octanol–water partition coefficient (Wildman–Crippen LogP) is 3.79. The van der Waals surface area contributed by atoms with E-state index < -0.39 is 23.6 Å². The summed E-state index contributed by atoms with van der Waals surface area (Å²) in [4.78, 5) is 0. The van der Waals surface area contributed by atoms with Crippen LogP contribution in [0.15, 0.2) is 34.7 Å². The minimum Gasteiger partial charge on any atom is -0.464 e. The molecule has 0 saturated heterocycles. The summed E-state index contributed by atoms with van der Waals surface area (Å²) in [5, 5.41) is 0. The van der Waals surface area contributed by atoms with Crippen molar-refractivity contribution in [2.75, 3.05) is 0 Å². The van der Waals surface area contributed by atoms with Crippen LogP contribution >= 0.6 is 0 Å². The summed E-state index contributed by atoms with van der Waals surface area (Å²) < 4.78 is 56.2. The Morgan fingerprint density at radius 3 is 2.37 bits per heavy atom. The molecule has 1 aromatic carbocycles. The van der Waals surface area contributed by atoms with Gasteiger partial charge in [-0.05, 0) is 36.8 Å². The van der Waals surface area contributed by atoms with Gasteiger partial charge in [0.15, 0.2) is 0 Å². The number of halogens is 4. The predicted molar refractivity (Wildman–Crippen MR) is 60.9 cm³/mol. The second-order valence-corrected chi connectivity index (χ2v) is 4.16. The smallest absolute Gasteiger partial charge is 0.419 e. The average molecular weight is 273 g/mol. The number of benzene rings is 1. The Bertz CT molecular complexity index is 589. The maximum absolute atomic E-state index is 13.2. The van der Waals surface area contributed by atoms with E-state index in [0.717, 1.165) is 6.07 Å². The van der Waals surface area contributed by atoms with Gasteiger partial charge in [0.05, 0.1) is 11.6 Å². The number of alkyl halides is 3. The van der Waals surface area contributed by atoms with Crippen LogP contribution in [0.25, 0.3) is 0 Å². The molecule has 2 nitrogen and oxygen atoms in total. The summed E-state index contributed by atoms with van der Waals surface area (Å²) in [6, 6.07) is 5.05. The molecule has 0 amide bonds. The lowest BCUT2D eigenvalue weighted by Gasteiger charge is -2.13. The zero-order valence-electron chi connectivity index (χ0n) is 9.96. The standard InChI is InChI=1S/C13H11F4NO/c1-7-2-5-11(19-7)12(18)8-3-4-10(14)9(6-8)13(15,16)17/h2-6,12H,18H2,1H3. The van der Waals surface area contributed by atoms with Crippen LogP contribution in [0.4, 0.5) is 17.6 Å². The van der Waals surface area contributed by atoms with Crippen molar-refractivity contribution in [3.8, 4) is 0 Å². The Morgan fingerprint density at radius 2 is 1.84 bits per heavy atom. The van der Waals surface area contributed by atoms with Gasteiger partial charge in [0.2, 0.25) is 0 Å². The van der Waals surface area contributed by atoms with Crippen molar-refractivity contribution in [1.29, 1.82) is 0 Å². The van der Waals surface area contributed by atoms with Gasteiger partial charge in [-0.1, -0.05) is 6.07 Å². The van der Waals surface area contributed by atoms with Crippen LogP contribution in [0.2, 0.25) is 0 Å². The highest BCUT2D eigenvalue weighted by Crippen LogP contribution is 2.33. The Morgan fingerprint density at radius 1 is 1.16 bits per heavy atom. The Hall–Kier alpha value is -1.82. The van der Waals surface area contributed by atoms with Crippen LogP contribution in [-0.4, -0.2) is 0 Å². The van der Waals surface area contributed by atoms with E-state index in [2.05, 4.69) is 0 Å². The SMILES string of the molecule is Cc1ccc(C(N)c2ccc(F)c(C(F)(F)F)c2)o1. The fourth-order valence-electron chi connectivity index (χ4n) is 1.74.